The van der Waals surface area contributed by atoms with Gasteiger partial charge in [-0.1, -0.05) is 23.9 Å². The van der Waals surface area contributed by atoms with Gasteiger partial charge < -0.3 is 14.5 Å². The molecule has 0 fully saturated rings. The summed E-state index contributed by atoms with van der Waals surface area (Å²) in [6, 6.07) is 13.0. The van der Waals surface area contributed by atoms with Crippen molar-refractivity contribution in [1.29, 1.82) is 5.26 Å². The van der Waals surface area contributed by atoms with Crippen LogP contribution < -0.4 is 15.0 Å². The number of rotatable bonds is 6. The average Bonchev–Trinajstić information content (AvgIpc) is 2.71. The van der Waals surface area contributed by atoms with Crippen molar-refractivity contribution >= 4 is 11.8 Å². The highest BCUT2D eigenvalue weighted by Gasteiger charge is 2.16. The molecule has 2 aromatic carbocycles. The summed E-state index contributed by atoms with van der Waals surface area (Å²) in [5.41, 5.74) is 0.861. The van der Waals surface area contributed by atoms with Crippen LogP contribution in [0, 0.1) is 17.1 Å². The summed E-state index contributed by atoms with van der Waals surface area (Å²) < 4.78 is 24.5. The van der Waals surface area contributed by atoms with Gasteiger partial charge in [-0.05, 0) is 42.2 Å². The third-order valence-corrected chi connectivity index (χ3v) is 4.50. The number of aromatic amines is 1. The van der Waals surface area contributed by atoms with Crippen LogP contribution in [0.1, 0.15) is 11.1 Å². The largest absolute Gasteiger partial charge is 0.493 e. The first-order valence-corrected chi connectivity index (χ1v) is 9.42. The van der Waals surface area contributed by atoms with E-state index in [0.717, 1.165) is 0 Å². The predicted molar refractivity (Wildman–Crippen MR) is 104 cm³/mol. The number of benzene rings is 2. The highest BCUT2D eigenvalue weighted by molar-refractivity contribution is 7.98. The van der Waals surface area contributed by atoms with Gasteiger partial charge in [0.1, 0.15) is 24.1 Å². The summed E-state index contributed by atoms with van der Waals surface area (Å²) in [6.07, 6.45) is 1.77. The van der Waals surface area contributed by atoms with Crippen molar-refractivity contribution in [3.8, 4) is 28.8 Å². The zero-order valence-corrected chi connectivity index (χ0v) is 16.0. The molecule has 0 bridgehead atoms. The van der Waals surface area contributed by atoms with Gasteiger partial charge in [0.15, 0.2) is 16.7 Å². The fourth-order valence-corrected chi connectivity index (χ4v) is 2.96. The number of nitriles is 1. The number of H-pyrrole nitrogens is 1. The minimum absolute atomic E-state index is 0.0842. The molecule has 0 unspecified atom stereocenters. The van der Waals surface area contributed by atoms with E-state index in [1.807, 2.05) is 6.07 Å². The molecule has 1 aromatic heterocycles. The fraction of sp³-hybridized carbons (Fsp3) is 0.150. The van der Waals surface area contributed by atoms with Gasteiger partial charge in [0, 0.05) is 5.56 Å². The summed E-state index contributed by atoms with van der Waals surface area (Å²) in [6.45, 7) is 0.127. The summed E-state index contributed by atoms with van der Waals surface area (Å²) in [5, 5.41) is 9.76. The highest BCUT2D eigenvalue weighted by Crippen LogP contribution is 2.33. The Hall–Kier alpha value is -3.31. The van der Waals surface area contributed by atoms with Crippen molar-refractivity contribution in [2.24, 2.45) is 0 Å². The van der Waals surface area contributed by atoms with E-state index in [1.165, 1.54) is 31.0 Å². The molecule has 1 heterocycles. The van der Waals surface area contributed by atoms with E-state index in [1.54, 1.807) is 36.6 Å². The van der Waals surface area contributed by atoms with Crippen LogP contribution in [0.25, 0.3) is 11.3 Å². The highest BCUT2D eigenvalue weighted by atomic mass is 32.2. The van der Waals surface area contributed by atoms with Crippen LogP contribution in [-0.2, 0) is 6.61 Å². The number of nitrogens with zero attached hydrogens (tertiary/aromatic N) is 2. The van der Waals surface area contributed by atoms with Crippen molar-refractivity contribution < 1.29 is 13.9 Å². The second-order valence-corrected chi connectivity index (χ2v) is 6.49. The van der Waals surface area contributed by atoms with Crippen molar-refractivity contribution in [2.45, 2.75) is 11.8 Å². The van der Waals surface area contributed by atoms with Crippen molar-refractivity contribution in [3.05, 3.63) is 69.8 Å². The molecule has 3 rings (SSSR count). The number of hydrogen-bond acceptors (Lipinski definition) is 6. The summed E-state index contributed by atoms with van der Waals surface area (Å²) in [4.78, 5) is 19.1. The van der Waals surface area contributed by atoms with Crippen molar-refractivity contribution in [1.82, 2.24) is 9.97 Å². The fourth-order valence-electron chi connectivity index (χ4n) is 2.59. The Morgan fingerprint density at radius 2 is 2.07 bits per heavy atom. The lowest BCUT2D eigenvalue weighted by molar-refractivity contribution is 0.284. The second-order valence-electron chi connectivity index (χ2n) is 5.69. The Bertz CT molecular complexity index is 1110. The smallest absolute Gasteiger partial charge is 0.270 e. The Morgan fingerprint density at radius 1 is 1.25 bits per heavy atom. The number of ether oxygens (including phenoxy) is 2. The van der Waals surface area contributed by atoms with E-state index in [9.17, 15) is 14.4 Å². The predicted octanol–water partition coefficient (Wildman–Crippen LogP) is 3.76. The van der Waals surface area contributed by atoms with Gasteiger partial charge in [-0.2, -0.15) is 5.26 Å². The van der Waals surface area contributed by atoms with E-state index in [0.29, 0.717) is 27.8 Å². The Morgan fingerprint density at radius 3 is 2.75 bits per heavy atom. The first-order chi connectivity index (χ1) is 13.5. The molecule has 3 aromatic rings. The summed E-state index contributed by atoms with van der Waals surface area (Å²) >= 11 is 1.26. The Labute approximate surface area is 165 Å². The van der Waals surface area contributed by atoms with Crippen molar-refractivity contribution in [2.75, 3.05) is 13.4 Å². The molecule has 1 N–H and O–H groups in total. The molecule has 0 amide bonds. The molecule has 0 aliphatic heterocycles. The minimum atomic E-state index is -0.505. The van der Waals surface area contributed by atoms with E-state index in [-0.39, 0.29) is 23.7 Å². The Kier molecular flexibility index (Phi) is 5.96. The zero-order chi connectivity index (χ0) is 20.1. The molecular formula is C20H16FN3O3S. The maximum atomic E-state index is 13.4. The molecule has 0 aliphatic rings. The number of thioether (sulfide) groups is 1. The van der Waals surface area contributed by atoms with E-state index >= 15 is 0 Å². The number of methoxy groups -OCH3 is 1. The summed E-state index contributed by atoms with van der Waals surface area (Å²) in [7, 11) is 1.50. The topological polar surface area (TPSA) is 88.0 Å². The lowest BCUT2D eigenvalue weighted by atomic mass is 10.1. The standard InChI is InChI=1S/C20H16FN3O3S/c1-26-16-7-6-13(18-15(10-22)19(25)24-20(23-18)28-2)9-17(16)27-11-12-4-3-5-14(21)8-12/h3-9H,11H2,1-2H3,(H,23,24,25). The molecule has 28 heavy (non-hydrogen) atoms. The van der Waals surface area contributed by atoms with Crippen LogP contribution in [0.5, 0.6) is 11.5 Å². The van der Waals surface area contributed by atoms with Gasteiger partial charge in [-0.15, -0.1) is 0 Å². The van der Waals surface area contributed by atoms with E-state index in [4.69, 9.17) is 9.47 Å². The Balaban J connectivity index is 2.01. The van der Waals surface area contributed by atoms with Gasteiger partial charge in [-0.25, -0.2) is 9.37 Å². The van der Waals surface area contributed by atoms with Gasteiger partial charge in [-0.3, -0.25) is 4.79 Å². The van der Waals surface area contributed by atoms with Crippen LogP contribution >= 0.6 is 11.8 Å². The maximum Gasteiger partial charge on any atom is 0.270 e. The quantitative estimate of drug-likeness (QED) is 0.503. The number of hydrogen-bond donors (Lipinski definition) is 1. The first-order valence-electron chi connectivity index (χ1n) is 8.19. The average molecular weight is 397 g/mol. The van der Waals surface area contributed by atoms with Crippen molar-refractivity contribution in [3.63, 3.8) is 0 Å². The van der Waals surface area contributed by atoms with Crippen LogP contribution in [0.15, 0.2) is 52.4 Å². The van der Waals surface area contributed by atoms with Gasteiger partial charge >= 0.3 is 0 Å². The number of aromatic nitrogens is 2. The summed E-state index contributed by atoms with van der Waals surface area (Å²) in [5.74, 6) is 0.507. The van der Waals surface area contributed by atoms with Crippen LogP contribution in [0.3, 0.4) is 0 Å². The minimum Gasteiger partial charge on any atom is -0.493 e. The molecule has 0 aliphatic carbocycles. The molecule has 0 saturated heterocycles. The molecule has 142 valence electrons. The number of nitrogens with one attached hydrogen (secondary N) is 1. The molecule has 0 spiro atoms. The molecule has 8 heteroatoms. The number of halogens is 1. The SMILES string of the molecule is COc1ccc(-c2nc(SC)[nH]c(=O)c2C#N)cc1OCc1cccc(F)c1. The van der Waals surface area contributed by atoms with E-state index in [2.05, 4.69) is 9.97 Å². The molecule has 6 nitrogen and oxygen atoms in total. The molecule has 0 saturated carbocycles. The lowest BCUT2D eigenvalue weighted by Crippen LogP contribution is -2.14. The van der Waals surface area contributed by atoms with Crippen LogP contribution in [-0.4, -0.2) is 23.3 Å². The van der Waals surface area contributed by atoms with Gasteiger partial charge in [0.25, 0.3) is 5.56 Å². The normalized spacial score (nSPS) is 10.4. The second kappa shape index (κ2) is 8.59. The zero-order valence-electron chi connectivity index (χ0n) is 15.2. The van der Waals surface area contributed by atoms with E-state index < -0.39 is 5.56 Å². The monoisotopic (exact) mass is 397 g/mol. The van der Waals surface area contributed by atoms with Gasteiger partial charge in [0.2, 0.25) is 0 Å². The van der Waals surface area contributed by atoms with Crippen LogP contribution in [0.4, 0.5) is 4.39 Å². The molecule has 0 radical (unpaired) electrons. The lowest BCUT2D eigenvalue weighted by Gasteiger charge is -2.13. The van der Waals surface area contributed by atoms with Gasteiger partial charge in [0.05, 0.1) is 12.8 Å². The molecular weight excluding hydrogens is 381 g/mol. The molecule has 0 atom stereocenters. The third-order valence-electron chi connectivity index (χ3n) is 3.92. The van der Waals surface area contributed by atoms with Crippen LogP contribution in [0.2, 0.25) is 0 Å². The first kappa shape index (κ1) is 19.5. The maximum absolute atomic E-state index is 13.4. The third kappa shape index (κ3) is 4.15.